The molecule has 0 N–H and O–H groups in total. The largest absolute Gasteiger partial charge is 0.465 e. The maximum atomic E-state index is 13.3. The first-order valence-electron chi connectivity index (χ1n) is 8.92. The van der Waals surface area contributed by atoms with Crippen LogP contribution in [0.2, 0.25) is 0 Å². The van der Waals surface area contributed by atoms with E-state index in [1.165, 1.54) is 7.11 Å². The molecule has 4 nitrogen and oxygen atoms in total. The Morgan fingerprint density at radius 2 is 1.78 bits per heavy atom. The number of rotatable bonds is 7. The van der Waals surface area contributed by atoms with Gasteiger partial charge in [0, 0.05) is 22.7 Å². The number of benzene rings is 2. The van der Waals surface area contributed by atoms with Crippen molar-refractivity contribution in [3.63, 3.8) is 0 Å². The fourth-order valence-corrected chi connectivity index (χ4v) is 3.42. The average molecular weight is 429 g/mol. The van der Waals surface area contributed by atoms with Gasteiger partial charge >= 0.3 is 5.97 Å². The molecule has 0 atom stereocenters. The Morgan fingerprint density at radius 3 is 2.41 bits per heavy atom. The second kappa shape index (κ2) is 8.53. The van der Waals surface area contributed by atoms with Gasteiger partial charge in [0.1, 0.15) is 11.3 Å². The summed E-state index contributed by atoms with van der Waals surface area (Å²) >= 11 is 3.41. The molecule has 1 aromatic heterocycles. The van der Waals surface area contributed by atoms with Crippen molar-refractivity contribution >= 4 is 38.7 Å². The van der Waals surface area contributed by atoms with E-state index in [9.17, 15) is 9.59 Å². The molecule has 3 rings (SSSR count). The summed E-state index contributed by atoms with van der Waals surface area (Å²) in [6.45, 7) is 2.10. The number of alkyl halides is 1. The van der Waals surface area contributed by atoms with Crippen molar-refractivity contribution in [2.24, 2.45) is 0 Å². The Labute approximate surface area is 166 Å². The Hall–Kier alpha value is -2.40. The molecule has 0 aliphatic carbocycles. The van der Waals surface area contributed by atoms with Crippen molar-refractivity contribution in [1.29, 1.82) is 0 Å². The van der Waals surface area contributed by atoms with Gasteiger partial charge in [0.05, 0.1) is 18.2 Å². The monoisotopic (exact) mass is 428 g/mol. The highest BCUT2D eigenvalue weighted by Crippen LogP contribution is 2.30. The number of methoxy groups -OCH3 is 1. The molecule has 0 aliphatic rings. The molecule has 0 unspecified atom stereocenters. The number of hydrogen-bond acceptors (Lipinski definition) is 4. The van der Waals surface area contributed by atoms with E-state index >= 15 is 0 Å². The Bertz CT molecular complexity index is 970. The van der Waals surface area contributed by atoms with Crippen LogP contribution in [0.15, 0.2) is 46.9 Å². The summed E-state index contributed by atoms with van der Waals surface area (Å²) in [5.41, 5.74) is 3.24. The van der Waals surface area contributed by atoms with Crippen LogP contribution in [-0.2, 0) is 16.5 Å². The summed E-state index contributed by atoms with van der Waals surface area (Å²) in [6, 6.07) is 12.6. The predicted molar refractivity (Wildman–Crippen MR) is 109 cm³/mol. The molecule has 0 radical (unpaired) electrons. The number of carbonyl (C=O) groups excluding carboxylic acids is 2. The molecular formula is C22H21BrO4. The zero-order valence-electron chi connectivity index (χ0n) is 15.4. The number of furan rings is 1. The van der Waals surface area contributed by atoms with Gasteiger partial charge in [0.15, 0.2) is 5.78 Å². The third-order valence-electron chi connectivity index (χ3n) is 4.54. The highest BCUT2D eigenvalue weighted by Gasteiger charge is 2.23. The third-order valence-corrected chi connectivity index (χ3v) is 5.18. The Kier molecular flexibility index (Phi) is 6.11. The van der Waals surface area contributed by atoms with Crippen molar-refractivity contribution in [2.45, 2.75) is 31.5 Å². The number of ether oxygens (including phenoxy) is 1. The van der Waals surface area contributed by atoms with E-state index in [-0.39, 0.29) is 5.78 Å². The summed E-state index contributed by atoms with van der Waals surface area (Å²) in [5, 5.41) is 1.39. The van der Waals surface area contributed by atoms with E-state index in [1.807, 2.05) is 24.3 Å². The minimum atomic E-state index is -0.437. The van der Waals surface area contributed by atoms with Crippen LogP contribution in [0.5, 0.6) is 0 Å². The van der Waals surface area contributed by atoms with Crippen molar-refractivity contribution < 1.29 is 18.7 Å². The first kappa shape index (κ1) is 19.4. The maximum Gasteiger partial charge on any atom is 0.337 e. The van der Waals surface area contributed by atoms with Gasteiger partial charge in [-0.25, -0.2) is 4.79 Å². The van der Waals surface area contributed by atoms with Crippen LogP contribution in [-0.4, -0.2) is 18.9 Å². The standard InChI is InChI=1S/C22H21BrO4/c1-3-4-5-19-20(21(24)15-8-6-14(13-23)7-9-15)17-12-16(22(25)26-2)10-11-18(17)27-19/h6-12H,3-5,13H2,1-2H3. The lowest BCUT2D eigenvalue weighted by Gasteiger charge is -2.05. The van der Waals surface area contributed by atoms with Gasteiger partial charge in [0.25, 0.3) is 0 Å². The van der Waals surface area contributed by atoms with Gasteiger partial charge in [-0.3, -0.25) is 4.79 Å². The third kappa shape index (κ3) is 3.98. The zero-order chi connectivity index (χ0) is 19.4. The second-order valence-electron chi connectivity index (χ2n) is 6.37. The molecule has 0 saturated heterocycles. The minimum absolute atomic E-state index is 0.0945. The highest BCUT2D eigenvalue weighted by atomic mass is 79.9. The minimum Gasteiger partial charge on any atom is -0.465 e. The molecule has 2 aromatic carbocycles. The molecule has 0 amide bonds. The van der Waals surface area contributed by atoms with Gasteiger partial charge in [-0.15, -0.1) is 0 Å². The lowest BCUT2D eigenvalue weighted by molar-refractivity contribution is 0.0600. The van der Waals surface area contributed by atoms with Crippen LogP contribution < -0.4 is 0 Å². The fraction of sp³-hybridized carbons (Fsp3) is 0.273. The van der Waals surface area contributed by atoms with E-state index in [0.29, 0.717) is 39.8 Å². The van der Waals surface area contributed by atoms with Crippen LogP contribution in [0.1, 0.15) is 57.4 Å². The Morgan fingerprint density at radius 1 is 1.07 bits per heavy atom. The number of aryl methyl sites for hydroxylation is 1. The second-order valence-corrected chi connectivity index (χ2v) is 6.93. The molecule has 0 saturated carbocycles. The number of hydrogen-bond donors (Lipinski definition) is 0. The summed E-state index contributed by atoms with van der Waals surface area (Å²) in [6.07, 6.45) is 2.60. The van der Waals surface area contributed by atoms with E-state index in [0.717, 1.165) is 23.7 Å². The molecule has 0 fully saturated rings. The summed E-state index contributed by atoms with van der Waals surface area (Å²) in [5.74, 6) is 0.139. The van der Waals surface area contributed by atoms with Crippen LogP contribution in [0.25, 0.3) is 11.0 Å². The first-order chi connectivity index (χ1) is 13.1. The fourth-order valence-electron chi connectivity index (χ4n) is 3.04. The van der Waals surface area contributed by atoms with Gasteiger partial charge in [-0.05, 0) is 30.2 Å². The van der Waals surface area contributed by atoms with Crippen molar-refractivity contribution in [3.8, 4) is 0 Å². The number of fused-ring (bicyclic) bond motifs is 1. The lowest BCUT2D eigenvalue weighted by Crippen LogP contribution is -2.05. The number of unbranched alkanes of at least 4 members (excludes halogenated alkanes) is 1. The van der Waals surface area contributed by atoms with Gasteiger partial charge in [-0.2, -0.15) is 0 Å². The molecule has 5 heteroatoms. The molecule has 140 valence electrons. The van der Waals surface area contributed by atoms with E-state index in [4.69, 9.17) is 9.15 Å². The van der Waals surface area contributed by atoms with Crippen molar-refractivity contribution in [1.82, 2.24) is 0 Å². The molecule has 1 heterocycles. The van der Waals surface area contributed by atoms with Crippen molar-refractivity contribution in [3.05, 3.63) is 70.5 Å². The molecule has 27 heavy (non-hydrogen) atoms. The molecule has 0 aliphatic heterocycles. The predicted octanol–water partition coefficient (Wildman–Crippen LogP) is 5.69. The van der Waals surface area contributed by atoms with Gasteiger partial charge in [0.2, 0.25) is 0 Å². The number of carbonyl (C=O) groups is 2. The van der Waals surface area contributed by atoms with Crippen LogP contribution >= 0.6 is 15.9 Å². The van der Waals surface area contributed by atoms with Gasteiger partial charge in [-0.1, -0.05) is 53.5 Å². The summed E-state index contributed by atoms with van der Waals surface area (Å²) in [7, 11) is 1.34. The topological polar surface area (TPSA) is 56.5 Å². The van der Waals surface area contributed by atoms with Crippen molar-refractivity contribution in [2.75, 3.05) is 7.11 Å². The van der Waals surface area contributed by atoms with Gasteiger partial charge < -0.3 is 9.15 Å². The molecule has 3 aromatic rings. The maximum absolute atomic E-state index is 13.3. The highest BCUT2D eigenvalue weighted by molar-refractivity contribution is 9.08. The zero-order valence-corrected chi connectivity index (χ0v) is 17.0. The number of ketones is 1. The summed E-state index contributed by atoms with van der Waals surface area (Å²) < 4.78 is 10.8. The van der Waals surface area contributed by atoms with Crippen LogP contribution in [0.4, 0.5) is 0 Å². The van der Waals surface area contributed by atoms with Crippen LogP contribution in [0.3, 0.4) is 0 Å². The SMILES string of the molecule is CCCCc1oc2ccc(C(=O)OC)cc2c1C(=O)c1ccc(CBr)cc1. The first-order valence-corrected chi connectivity index (χ1v) is 10.0. The van der Waals surface area contributed by atoms with E-state index < -0.39 is 5.97 Å². The molecule has 0 bridgehead atoms. The summed E-state index contributed by atoms with van der Waals surface area (Å²) in [4.78, 5) is 25.2. The smallest absolute Gasteiger partial charge is 0.337 e. The number of esters is 1. The van der Waals surface area contributed by atoms with E-state index in [1.54, 1.807) is 18.2 Å². The van der Waals surface area contributed by atoms with E-state index in [2.05, 4.69) is 22.9 Å². The lowest BCUT2D eigenvalue weighted by atomic mass is 9.97. The molecular weight excluding hydrogens is 408 g/mol. The normalized spacial score (nSPS) is 10.9. The quantitative estimate of drug-likeness (QED) is 0.275. The van der Waals surface area contributed by atoms with Crippen LogP contribution in [0, 0.1) is 0 Å². The Balaban J connectivity index is 2.13. The molecule has 0 spiro atoms. The number of halogens is 1. The average Bonchev–Trinajstić information content (AvgIpc) is 3.08.